The van der Waals surface area contributed by atoms with Crippen molar-refractivity contribution in [1.29, 1.82) is 0 Å². The van der Waals surface area contributed by atoms with Crippen molar-refractivity contribution in [2.24, 2.45) is 0 Å². The largest absolute Gasteiger partial charge is 0.352 e. The second-order valence-corrected chi connectivity index (χ2v) is 9.16. The number of hydrogen-bond donors (Lipinski definition) is 1. The van der Waals surface area contributed by atoms with Gasteiger partial charge in [0, 0.05) is 17.9 Å². The molecule has 0 atom stereocenters. The summed E-state index contributed by atoms with van der Waals surface area (Å²) in [6, 6.07) is 17.0. The molecule has 7 heteroatoms. The molecule has 174 valence electrons. The minimum absolute atomic E-state index is 0.204. The highest BCUT2D eigenvalue weighted by Gasteiger charge is 2.16. The zero-order valence-corrected chi connectivity index (χ0v) is 20.2. The molecule has 1 N–H and O–H groups in total. The first-order chi connectivity index (χ1) is 16.4. The summed E-state index contributed by atoms with van der Waals surface area (Å²) >= 11 is 1.41. The van der Waals surface area contributed by atoms with Crippen molar-refractivity contribution < 1.29 is 9.18 Å². The monoisotopic (exact) mass is 475 g/mol. The number of amides is 1. The number of hydrogen-bond acceptors (Lipinski definition) is 4. The highest BCUT2D eigenvalue weighted by Crippen LogP contribution is 2.27. The summed E-state index contributed by atoms with van der Waals surface area (Å²) in [6.45, 7) is 6.64. The van der Waals surface area contributed by atoms with E-state index in [2.05, 4.69) is 23.5 Å². The Morgan fingerprint density at radius 1 is 1.09 bits per heavy atom. The van der Waals surface area contributed by atoms with Gasteiger partial charge in [-0.05, 0) is 67.8 Å². The molecule has 4 aromatic rings. The third kappa shape index (κ3) is 5.04. The summed E-state index contributed by atoms with van der Waals surface area (Å²) in [4.78, 5) is 30.7. The van der Waals surface area contributed by atoms with Gasteiger partial charge >= 0.3 is 0 Å². The van der Waals surface area contributed by atoms with Crippen LogP contribution in [0.15, 0.2) is 70.6 Å². The number of carbonyl (C=O) groups is 1. The average Bonchev–Trinajstić information content (AvgIpc) is 2.82. The maximum absolute atomic E-state index is 14.0. The van der Waals surface area contributed by atoms with Gasteiger partial charge in [-0.15, -0.1) is 0 Å². The van der Waals surface area contributed by atoms with E-state index in [1.54, 1.807) is 30.3 Å². The van der Waals surface area contributed by atoms with E-state index >= 15 is 0 Å². The fourth-order valence-corrected chi connectivity index (χ4v) is 4.76. The molecule has 0 bridgehead atoms. The van der Waals surface area contributed by atoms with E-state index in [0.29, 0.717) is 39.6 Å². The quantitative estimate of drug-likeness (QED) is 0.280. The Kier molecular flexibility index (Phi) is 7.12. The van der Waals surface area contributed by atoms with Crippen LogP contribution in [0.2, 0.25) is 0 Å². The van der Waals surface area contributed by atoms with Gasteiger partial charge in [0.15, 0.2) is 5.16 Å². The van der Waals surface area contributed by atoms with Crippen molar-refractivity contribution >= 4 is 28.6 Å². The van der Waals surface area contributed by atoms with Gasteiger partial charge in [0.25, 0.3) is 11.5 Å². The van der Waals surface area contributed by atoms with Gasteiger partial charge in [0.05, 0.1) is 16.6 Å². The van der Waals surface area contributed by atoms with Crippen LogP contribution in [0.4, 0.5) is 4.39 Å². The van der Waals surface area contributed by atoms with Crippen LogP contribution in [0.1, 0.15) is 40.4 Å². The van der Waals surface area contributed by atoms with Crippen LogP contribution in [0.5, 0.6) is 0 Å². The topological polar surface area (TPSA) is 64.0 Å². The first kappa shape index (κ1) is 23.7. The highest BCUT2D eigenvalue weighted by atomic mass is 32.2. The van der Waals surface area contributed by atoms with Gasteiger partial charge in [0.2, 0.25) is 0 Å². The Morgan fingerprint density at radius 3 is 2.68 bits per heavy atom. The second kappa shape index (κ2) is 10.2. The zero-order valence-electron chi connectivity index (χ0n) is 19.4. The number of rotatable bonds is 7. The lowest BCUT2D eigenvalue weighted by Crippen LogP contribution is -2.25. The Morgan fingerprint density at radius 2 is 1.91 bits per heavy atom. The molecule has 0 fully saturated rings. The lowest BCUT2D eigenvalue weighted by atomic mass is 10.1. The molecule has 0 aliphatic rings. The van der Waals surface area contributed by atoms with Crippen LogP contribution in [-0.2, 0) is 5.75 Å². The number of aromatic nitrogens is 2. The maximum Gasteiger partial charge on any atom is 0.266 e. The van der Waals surface area contributed by atoms with Crippen molar-refractivity contribution in [1.82, 2.24) is 14.9 Å². The number of benzene rings is 3. The molecule has 1 heterocycles. The summed E-state index contributed by atoms with van der Waals surface area (Å²) in [7, 11) is 0. The maximum atomic E-state index is 14.0. The van der Waals surface area contributed by atoms with Crippen LogP contribution >= 0.6 is 11.8 Å². The summed E-state index contributed by atoms with van der Waals surface area (Å²) in [6.07, 6.45) is 0.828. The zero-order chi connectivity index (χ0) is 24.2. The van der Waals surface area contributed by atoms with Crippen molar-refractivity contribution in [3.63, 3.8) is 0 Å². The van der Waals surface area contributed by atoms with Crippen molar-refractivity contribution in [2.75, 3.05) is 6.54 Å². The molecule has 0 saturated carbocycles. The molecule has 5 nitrogen and oxygen atoms in total. The summed E-state index contributed by atoms with van der Waals surface area (Å²) in [5.41, 5.74) is 4.42. The number of carbonyl (C=O) groups excluding carboxylic acids is 1. The Balaban J connectivity index is 1.83. The molecular weight excluding hydrogens is 449 g/mol. The lowest BCUT2D eigenvalue weighted by Gasteiger charge is -2.15. The predicted octanol–water partition coefficient (Wildman–Crippen LogP) is 5.57. The van der Waals surface area contributed by atoms with Crippen LogP contribution in [0, 0.1) is 19.7 Å². The average molecular weight is 476 g/mol. The summed E-state index contributed by atoms with van der Waals surface area (Å²) < 4.78 is 15.5. The van der Waals surface area contributed by atoms with E-state index in [1.807, 2.05) is 20.8 Å². The van der Waals surface area contributed by atoms with Gasteiger partial charge in [-0.1, -0.05) is 48.5 Å². The number of halogens is 1. The third-order valence-electron chi connectivity index (χ3n) is 5.56. The predicted molar refractivity (Wildman–Crippen MR) is 135 cm³/mol. The van der Waals surface area contributed by atoms with E-state index in [0.717, 1.165) is 23.1 Å². The van der Waals surface area contributed by atoms with Crippen molar-refractivity contribution in [3.05, 3.63) is 99.1 Å². The van der Waals surface area contributed by atoms with E-state index in [-0.39, 0.29) is 11.5 Å². The fraction of sp³-hybridized carbons (Fsp3) is 0.222. The second-order valence-electron chi connectivity index (χ2n) is 8.22. The molecule has 0 radical (unpaired) electrons. The first-order valence-corrected chi connectivity index (χ1v) is 12.2. The van der Waals surface area contributed by atoms with Crippen LogP contribution < -0.4 is 10.9 Å². The first-order valence-electron chi connectivity index (χ1n) is 11.2. The number of fused-ring (bicyclic) bond motifs is 1. The molecule has 0 aliphatic heterocycles. The molecular formula is C27H26FN3O2S. The van der Waals surface area contributed by atoms with Gasteiger partial charge in [-0.2, -0.15) is 0 Å². The molecule has 4 rings (SSSR count). The molecule has 34 heavy (non-hydrogen) atoms. The number of nitrogens with zero attached hydrogens (tertiary/aromatic N) is 2. The van der Waals surface area contributed by atoms with E-state index < -0.39 is 5.82 Å². The molecule has 0 spiro atoms. The molecule has 0 aliphatic carbocycles. The van der Waals surface area contributed by atoms with Gasteiger partial charge < -0.3 is 5.32 Å². The van der Waals surface area contributed by atoms with E-state index in [1.165, 1.54) is 28.5 Å². The molecule has 3 aromatic carbocycles. The van der Waals surface area contributed by atoms with Crippen LogP contribution in [-0.4, -0.2) is 22.0 Å². The van der Waals surface area contributed by atoms with Crippen molar-refractivity contribution in [2.45, 2.75) is 38.1 Å². The van der Waals surface area contributed by atoms with Crippen molar-refractivity contribution in [3.8, 4) is 5.69 Å². The van der Waals surface area contributed by atoms with E-state index in [4.69, 9.17) is 4.98 Å². The SMILES string of the molecule is CCCNC(=O)c1ccc2c(=O)n(-c3cccc(F)c3)c(SCc3cc(C)ccc3C)nc2c1. The molecule has 0 unspecified atom stereocenters. The Bertz CT molecular complexity index is 1430. The van der Waals surface area contributed by atoms with Gasteiger partial charge in [-0.3, -0.25) is 14.2 Å². The number of thioether (sulfide) groups is 1. The minimum Gasteiger partial charge on any atom is -0.352 e. The normalized spacial score (nSPS) is 11.1. The molecule has 0 saturated heterocycles. The van der Waals surface area contributed by atoms with E-state index in [9.17, 15) is 14.0 Å². The standard InChI is InChI=1S/C27H26FN3O2S/c1-4-12-29-25(32)19-10-11-23-24(14-19)30-27(34-16-20-13-17(2)8-9-18(20)3)31(26(23)33)22-7-5-6-21(28)15-22/h5-11,13-15H,4,12,16H2,1-3H3,(H,29,32). The number of aryl methyl sites for hydroxylation is 2. The summed E-state index contributed by atoms with van der Waals surface area (Å²) in [5.74, 6) is -0.0420. The molecule has 1 aromatic heterocycles. The Labute approximate surface area is 202 Å². The molecule has 1 amide bonds. The van der Waals surface area contributed by atoms with Crippen LogP contribution in [0.25, 0.3) is 16.6 Å². The van der Waals surface area contributed by atoms with Crippen LogP contribution in [0.3, 0.4) is 0 Å². The lowest BCUT2D eigenvalue weighted by molar-refractivity contribution is 0.0953. The third-order valence-corrected chi connectivity index (χ3v) is 6.55. The minimum atomic E-state index is -0.432. The summed E-state index contributed by atoms with van der Waals surface area (Å²) in [5, 5.41) is 3.66. The fourth-order valence-electron chi connectivity index (χ4n) is 3.68. The van der Waals surface area contributed by atoms with Gasteiger partial charge in [-0.25, -0.2) is 9.37 Å². The number of nitrogens with one attached hydrogen (secondary N) is 1. The van der Waals surface area contributed by atoms with Gasteiger partial charge in [0.1, 0.15) is 5.82 Å². The Hall–Kier alpha value is -3.45. The highest BCUT2D eigenvalue weighted by molar-refractivity contribution is 7.98. The smallest absolute Gasteiger partial charge is 0.266 e.